The summed E-state index contributed by atoms with van der Waals surface area (Å²) in [6.45, 7) is 4.23. The molecule has 0 atom stereocenters. The summed E-state index contributed by atoms with van der Waals surface area (Å²) in [6, 6.07) is 9.96. The normalized spacial score (nSPS) is 16.1. The maximum atomic E-state index is 12.8. The van der Waals surface area contributed by atoms with Gasteiger partial charge in [-0.3, -0.25) is 20.2 Å². The number of halogens is 1. The molecule has 2 aliphatic rings. The molecule has 0 aliphatic carbocycles. The van der Waals surface area contributed by atoms with Crippen molar-refractivity contribution in [3.05, 3.63) is 57.1 Å². The highest BCUT2D eigenvalue weighted by Crippen LogP contribution is 2.32. The second kappa shape index (κ2) is 11.0. The van der Waals surface area contributed by atoms with E-state index in [0.29, 0.717) is 29.6 Å². The minimum atomic E-state index is -0.527. The Morgan fingerprint density at radius 1 is 1.00 bits per heavy atom. The van der Waals surface area contributed by atoms with Crippen LogP contribution in [0.5, 0.6) is 0 Å². The first-order chi connectivity index (χ1) is 16.4. The zero-order chi connectivity index (χ0) is 24.1. The number of carbonyl (C=O) groups excluding carboxylic acids is 1. The summed E-state index contributed by atoms with van der Waals surface area (Å²) in [5, 5.41) is 18.0. The maximum absolute atomic E-state index is 12.8. The number of hydrogen-bond acceptors (Lipinski definition) is 7. The number of piperidine rings is 1. The van der Waals surface area contributed by atoms with E-state index in [1.807, 2.05) is 11.0 Å². The van der Waals surface area contributed by atoms with E-state index in [1.54, 1.807) is 24.3 Å². The number of morpholine rings is 1. The number of rotatable bonds is 5. The second-order valence-corrected chi connectivity index (χ2v) is 9.02. The second-order valence-electron chi connectivity index (χ2n) is 8.18. The summed E-state index contributed by atoms with van der Waals surface area (Å²) in [5.74, 6) is -0.527. The van der Waals surface area contributed by atoms with E-state index >= 15 is 0 Å². The smallest absolute Gasteiger partial charge is 0.293 e. The van der Waals surface area contributed by atoms with Gasteiger partial charge in [0.1, 0.15) is 5.69 Å². The minimum Gasteiger partial charge on any atom is -0.378 e. The van der Waals surface area contributed by atoms with Crippen LogP contribution in [0.4, 0.5) is 22.7 Å². The van der Waals surface area contributed by atoms with E-state index < -0.39 is 10.8 Å². The summed E-state index contributed by atoms with van der Waals surface area (Å²) < 4.78 is 5.42. The summed E-state index contributed by atoms with van der Waals surface area (Å²) in [5.41, 5.74) is 2.17. The van der Waals surface area contributed by atoms with Crippen LogP contribution in [0.2, 0.25) is 5.02 Å². The summed E-state index contributed by atoms with van der Waals surface area (Å²) in [6.07, 6.45) is 3.11. The lowest BCUT2D eigenvalue weighted by molar-refractivity contribution is -0.384. The molecule has 0 aromatic heterocycles. The highest BCUT2D eigenvalue weighted by Gasteiger charge is 2.24. The van der Waals surface area contributed by atoms with Crippen LogP contribution >= 0.6 is 23.8 Å². The van der Waals surface area contributed by atoms with E-state index in [4.69, 9.17) is 28.6 Å². The first kappa shape index (κ1) is 24.2. The molecule has 2 saturated heterocycles. The van der Waals surface area contributed by atoms with Crippen molar-refractivity contribution in [2.75, 3.05) is 54.5 Å². The van der Waals surface area contributed by atoms with Crippen LogP contribution in [0.25, 0.3) is 0 Å². The number of nitro benzene ring substituents is 1. The minimum absolute atomic E-state index is 0.0736. The van der Waals surface area contributed by atoms with Crippen LogP contribution in [0.15, 0.2) is 36.4 Å². The van der Waals surface area contributed by atoms with Crippen molar-refractivity contribution < 1.29 is 14.5 Å². The lowest BCUT2D eigenvalue weighted by Crippen LogP contribution is -2.38. The number of anilines is 3. The standard InChI is InChI=1S/C23H26ClN5O4S/c24-17-5-7-19(28-10-12-33-13-11-28)18(15-17)25-23(34)26-22(30)16-4-6-20(21(14-16)29(31)32)27-8-2-1-3-9-27/h4-7,14-15H,1-3,8-13H2,(H2,25,26,30,34). The molecule has 0 radical (unpaired) electrons. The Balaban J connectivity index is 1.48. The molecular formula is C23H26ClN5O4S. The van der Waals surface area contributed by atoms with E-state index in [1.165, 1.54) is 6.07 Å². The predicted octanol–water partition coefficient (Wildman–Crippen LogP) is 4.20. The average molecular weight is 504 g/mol. The monoisotopic (exact) mass is 503 g/mol. The Bertz CT molecular complexity index is 1090. The van der Waals surface area contributed by atoms with Gasteiger partial charge in [-0.05, 0) is 61.8 Å². The summed E-state index contributed by atoms with van der Waals surface area (Å²) >= 11 is 11.5. The molecule has 2 N–H and O–H groups in total. The molecule has 0 spiro atoms. The van der Waals surface area contributed by atoms with Gasteiger partial charge >= 0.3 is 0 Å². The van der Waals surface area contributed by atoms with Gasteiger partial charge in [-0.15, -0.1) is 0 Å². The molecule has 0 unspecified atom stereocenters. The molecule has 0 bridgehead atoms. The molecule has 9 nitrogen and oxygen atoms in total. The number of hydrogen-bond donors (Lipinski definition) is 2. The number of carbonyl (C=O) groups is 1. The van der Waals surface area contributed by atoms with Crippen LogP contribution in [-0.2, 0) is 4.74 Å². The lowest BCUT2D eigenvalue weighted by atomic mass is 10.1. The van der Waals surface area contributed by atoms with Crippen LogP contribution in [0.3, 0.4) is 0 Å². The van der Waals surface area contributed by atoms with Crippen molar-refractivity contribution in [2.45, 2.75) is 19.3 Å². The van der Waals surface area contributed by atoms with Crippen molar-refractivity contribution in [2.24, 2.45) is 0 Å². The third-order valence-electron chi connectivity index (χ3n) is 5.92. The topological polar surface area (TPSA) is 100.0 Å². The van der Waals surface area contributed by atoms with Crippen molar-refractivity contribution in [3.63, 3.8) is 0 Å². The fraction of sp³-hybridized carbons (Fsp3) is 0.391. The molecule has 2 aromatic carbocycles. The molecule has 2 heterocycles. The van der Waals surface area contributed by atoms with Gasteiger partial charge in [-0.2, -0.15) is 0 Å². The van der Waals surface area contributed by atoms with Crippen molar-refractivity contribution in [1.82, 2.24) is 5.32 Å². The Morgan fingerprint density at radius 3 is 2.38 bits per heavy atom. The van der Waals surface area contributed by atoms with Gasteiger partial charge in [-0.1, -0.05) is 11.6 Å². The molecular weight excluding hydrogens is 478 g/mol. The Kier molecular flexibility index (Phi) is 7.81. The molecule has 11 heteroatoms. The number of benzene rings is 2. The van der Waals surface area contributed by atoms with E-state index in [-0.39, 0.29) is 16.4 Å². The highest BCUT2D eigenvalue weighted by molar-refractivity contribution is 7.80. The first-order valence-electron chi connectivity index (χ1n) is 11.2. The number of nitro groups is 1. The van der Waals surface area contributed by atoms with Gasteiger partial charge in [0.2, 0.25) is 0 Å². The molecule has 4 rings (SSSR count). The molecule has 180 valence electrons. The van der Waals surface area contributed by atoms with Gasteiger partial charge in [0.25, 0.3) is 11.6 Å². The number of thiocarbonyl (C=S) groups is 1. The number of nitrogens with zero attached hydrogens (tertiary/aromatic N) is 3. The predicted molar refractivity (Wildman–Crippen MR) is 137 cm³/mol. The molecule has 1 amide bonds. The van der Waals surface area contributed by atoms with Crippen LogP contribution in [0.1, 0.15) is 29.6 Å². The van der Waals surface area contributed by atoms with Gasteiger partial charge in [0.15, 0.2) is 5.11 Å². The number of nitrogens with one attached hydrogen (secondary N) is 2. The molecule has 2 fully saturated rings. The zero-order valence-corrected chi connectivity index (χ0v) is 20.2. The number of amides is 1. The maximum Gasteiger partial charge on any atom is 0.293 e. The largest absolute Gasteiger partial charge is 0.378 e. The molecule has 2 aromatic rings. The first-order valence-corrected chi connectivity index (χ1v) is 12.0. The third-order valence-corrected chi connectivity index (χ3v) is 6.36. The fourth-order valence-electron chi connectivity index (χ4n) is 4.23. The Hall–Kier alpha value is -2.95. The summed E-state index contributed by atoms with van der Waals surface area (Å²) in [7, 11) is 0. The van der Waals surface area contributed by atoms with Gasteiger partial charge in [-0.25, -0.2) is 0 Å². The Labute approximate surface area is 208 Å². The molecule has 2 aliphatic heterocycles. The molecule has 0 saturated carbocycles. The van der Waals surface area contributed by atoms with Crippen LogP contribution < -0.4 is 20.4 Å². The van der Waals surface area contributed by atoms with Crippen LogP contribution in [0, 0.1) is 10.1 Å². The van der Waals surface area contributed by atoms with Crippen molar-refractivity contribution >= 4 is 57.6 Å². The van der Waals surface area contributed by atoms with E-state index in [9.17, 15) is 14.9 Å². The van der Waals surface area contributed by atoms with E-state index in [2.05, 4.69) is 15.5 Å². The van der Waals surface area contributed by atoms with Crippen molar-refractivity contribution in [3.8, 4) is 0 Å². The zero-order valence-electron chi connectivity index (χ0n) is 18.6. The fourth-order valence-corrected chi connectivity index (χ4v) is 4.61. The van der Waals surface area contributed by atoms with Gasteiger partial charge < -0.3 is 19.9 Å². The van der Waals surface area contributed by atoms with Gasteiger partial charge in [0.05, 0.1) is 29.5 Å². The highest BCUT2D eigenvalue weighted by atomic mass is 35.5. The molecule has 34 heavy (non-hydrogen) atoms. The average Bonchev–Trinajstić information content (AvgIpc) is 2.84. The lowest BCUT2D eigenvalue weighted by Gasteiger charge is -2.30. The third kappa shape index (κ3) is 5.75. The SMILES string of the molecule is O=C(NC(=S)Nc1cc(Cl)ccc1N1CCOCC1)c1ccc(N2CCCCC2)c([N+](=O)[O-])c1. The van der Waals surface area contributed by atoms with E-state index in [0.717, 1.165) is 51.1 Å². The summed E-state index contributed by atoms with van der Waals surface area (Å²) in [4.78, 5) is 28.2. The van der Waals surface area contributed by atoms with Crippen molar-refractivity contribution in [1.29, 1.82) is 0 Å². The van der Waals surface area contributed by atoms with Gasteiger partial charge in [0, 0.05) is 42.8 Å². The quantitative estimate of drug-likeness (QED) is 0.356. The number of ether oxygens (including phenoxy) is 1. The van der Waals surface area contributed by atoms with Crippen LogP contribution in [-0.4, -0.2) is 55.3 Å². The Morgan fingerprint density at radius 2 is 1.68 bits per heavy atom.